The van der Waals surface area contributed by atoms with Gasteiger partial charge in [0.25, 0.3) is 5.91 Å². The Morgan fingerprint density at radius 3 is 2.24 bits per heavy atom. The second-order valence-electron chi connectivity index (χ2n) is 7.63. The number of nitrogens with two attached hydrogens (primary N) is 1. The number of alkyl halides is 3. The number of hydrogen-bond acceptors (Lipinski definition) is 4. The Morgan fingerprint density at radius 1 is 0.853 bits per heavy atom. The fraction of sp³-hybridized carbons (Fsp3) is 0.115. The lowest BCUT2D eigenvalue weighted by atomic mass is 9.98. The van der Waals surface area contributed by atoms with Gasteiger partial charge in [0.2, 0.25) is 0 Å². The zero-order valence-electron chi connectivity index (χ0n) is 18.0. The monoisotopic (exact) mass is 462 g/mol. The first-order valence-corrected chi connectivity index (χ1v) is 10.5. The van der Waals surface area contributed by atoms with Crippen LogP contribution in [-0.2, 0) is 19.0 Å². The molecule has 3 N–H and O–H groups in total. The minimum absolute atomic E-state index is 0.180. The molecule has 5 nitrogen and oxygen atoms in total. The van der Waals surface area contributed by atoms with Gasteiger partial charge in [-0.25, -0.2) is 4.98 Å². The Kier molecular flexibility index (Phi) is 6.58. The van der Waals surface area contributed by atoms with Crippen molar-refractivity contribution >= 4 is 17.4 Å². The van der Waals surface area contributed by atoms with Gasteiger partial charge >= 0.3 is 6.18 Å². The van der Waals surface area contributed by atoms with E-state index in [0.29, 0.717) is 35.2 Å². The number of anilines is 2. The number of benzene rings is 2. The summed E-state index contributed by atoms with van der Waals surface area (Å²) in [6.45, 7) is 0. The van der Waals surface area contributed by atoms with Gasteiger partial charge in [0, 0.05) is 23.1 Å². The van der Waals surface area contributed by atoms with Crippen LogP contribution in [0.3, 0.4) is 0 Å². The zero-order chi connectivity index (χ0) is 24.1. The largest absolute Gasteiger partial charge is 0.416 e. The quantitative estimate of drug-likeness (QED) is 0.381. The van der Waals surface area contributed by atoms with Crippen molar-refractivity contribution in [2.75, 3.05) is 11.1 Å². The first-order valence-electron chi connectivity index (χ1n) is 10.5. The van der Waals surface area contributed by atoms with E-state index in [-0.39, 0.29) is 5.82 Å². The highest BCUT2D eigenvalue weighted by Crippen LogP contribution is 2.32. The summed E-state index contributed by atoms with van der Waals surface area (Å²) in [7, 11) is 0. The lowest BCUT2D eigenvalue weighted by molar-refractivity contribution is -0.137. The van der Waals surface area contributed by atoms with Crippen LogP contribution in [0.1, 0.15) is 27.3 Å². The third kappa shape index (κ3) is 5.40. The van der Waals surface area contributed by atoms with Crippen LogP contribution in [0.2, 0.25) is 0 Å². The second-order valence-corrected chi connectivity index (χ2v) is 7.63. The Bertz CT molecular complexity index is 1290. The van der Waals surface area contributed by atoms with Gasteiger partial charge in [0.05, 0.1) is 11.3 Å². The third-order valence-corrected chi connectivity index (χ3v) is 5.29. The van der Waals surface area contributed by atoms with Gasteiger partial charge in [-0.05, 0) is 66.4 Å². The first kappa shape index (κ1) is 23.0. The Balaban J connectivity index is 1.50. The molecule has 8 heteroatoms. The van der Waals surface area contributed by atoms with E-state index in [0.717, 1.165) is 23.5 Å². The highest BCUT2D eigenvalue weighted by Gasteiger charge is 2.30. The predicted octanol–water partition coefficient (Wildman–Crippen LogP) is 5.78. The summed E-state index contributed by atoms with van der Waals surface area (Å²) in [6, 6.07) is 20.6. The minimum atomic E-state index is -4.43. The molecule has 0 bridgehead atoms. The molecule has 0 aliphatic rings. The number of aryl methyl sites for hydroxylation is 2. The molecule has 1 amide bonds. The molecule has 0 fully saturated rings. The van der Waals surface area contributed by atoms with Crippen molar-refractivity contribution in [2.24, 2.45) is 0 Å². The lowest BCUT2D eigenvalue weighted by Gasteiger charge is -2.13. The number of pyridine rings is 2. The fourth-order valence-electron chi connectivity index (χ4n) is 3.53. The van der Waals surface area contributed by atoms with Crippen LogP contribution in [0.25, 0.3) is 11.1 Å². The molecule has 0 unspecified atom stereocenters. The summed E-state index contributed by atoms with van der Waals surface area (Å²) < 4.78 is 38.7. The van der Waals surface area contributed by atoms with Crippen molar-refractivity contribution in [3.8, 4) is 11.1 Å². The number of nitrogens with one attached hydrogen (secondary N) is 1. The second kappa shape index (κ2) is 9.74. The van der Waals surface area contributed by atoms with Crippen LogP contribution >= 0.6 is 0 Å². The van der Waals surface area contributed by atoms with E-state index < -0.39 is 17.6 Å². The van der Waals surface area contributed by atoms with E-state index in [9.17, 15) is 18.0 Å². The highest BCUT2D eigenvalue weighted by molar-refractivity contribution is 6.09. The molecule has 172 valence electrons. The van der Waals surface area contributed by atoms with Crippen LogP contribution in [0.5, 0.6) is 0 Å². The Hall–Kier alpha value is -4.20. The van der Waals surface area contributed by atoms with Crippen molar-refractivity contribution in [3.63, 3.8) is 0 Å². The smallest absolute Gasteiger partial charge is 0.382 e. The van der Waals surface area contributed by atoms with Gasteiger partial charge in [0.15, 0.2) is 0 Å². The van der Waals surface area contributed by atoms with Crippen molar-refractivity contribution < 1.29 is 18.0 Å². The number of amides is 1. The average molecular weight is 462 g/mol. The minimum Gasteiger partial charge on any atom is -0.382 e. The molecule has 2 aromatic heterocycles. The van der Waals surface area contributed by atoms with Crippen LogP contribution in [0.15, 0.2) is 85.1 Å². The number of carbonyl (C=O) groups is 1. The van der Waals surface area contributed by atoms with Gasteiger partial charge < -0.3 is 11.1 Å². The SMILES string of the molecule is Nc1nc(CCc2ccccn2)ccc1NC(=O)c1ccccc1-c1ccc(C(F)(F)F)cc1. The van der Waals surface area contributed by atoms with Crippen LogP contribution < -0.4 is 11.1 Å². The molecule has 4 aromatic rings. The molecular formula is C26H21F3N4O. The summed E-state index contributed by atoms with van der Waals surface area (Å²) in [6.07, 6.45) is -1.34. The molecule has 0 atom stereocenters. The molecule has 2 heterocycles. The maximum atomic E-state index is 13.0. The number of rotatable bonds is 6. The molecule has 0 saturated heterocycles. The number of hydrogen-bond donors (Lipinski definition) is 2. The van der Waals surface area contributed by atoms with E-state index in [2.05, 4.69) is 15.3 Å². The maximum Gasteiger partial charge on any atom is 0.416 e. The summed E-state index contributed by atoms with van der Waals surface area (Å²) in [5, 5.41) is 2.75. The van der Waals surface area contributed by atoms with E-state index in [1.54, 1.807) is 42.6 Å². The van der Waals surface area contributed by atoms with Gasteiger partial charge in [-0.15, -0.1) is 0 Å². The highest BCUT2D eigenvalue weighted by atomic mass is 19.4. The van der Waals surface area contributed by atoms with E-state index >= 15 is 0 Å². The van der Waals surface area contributed by atoms with E-state index in [1.165, 1.54) is 12.1 Å². The summed E-state index contributed by atoms with van der Waals surface area (Å²) in [4.78, 5) is 21.7. The van der Waals surface area contributed by atoms with Gasteiger partial charge in [-0.3, -0.25) is 9.78 Å². The van der Waals surface area contributed by atoms with Gasteiger partial charge in [-0.1, -0.05) is 36.4 Å². The standard InChI is InChI=1S/C26H21F3N4O/c27-26(28,29)18-10-8-17(9-11-18)21-6-1-2-7-22(21)25(34)33-23-15-14-20(32-24(23)30)13-12-19-5-3-4-16-31-19/h1-11,14-16H,12-13H2,(H2,30,32)(H,33,34). The number of carbonyl (C=O) groups excluding carboxylic acids is 1. The van der Waals surface area contributed by atoms with Crippen LogP contribution in [0.4, 0.5) is 24.7 Å². The molecule has 0 aliphatic heterocycles. The van der Waals surface area contributed by atoms with Gasteiger partial charge in [0.1, 0.15) is 5.82 Å². The van der Waals surface area contributed by atoms with Crippen LogP contribution in [-0.4, -0.2) is 15.9 Å². The number of nitrogen functional groups attached to an aromatic ring is 1. The molecule has 4 rings (SSSR count). The molecule has 0 radical (unpaired) electrons. The van der Waals surface area contributed by atoms with Crippen LogP contribution in [0, 0.1) is 0 Å². The van der Waals surface area contributed by atoms with Crippen molar-refractivity contribution in [2.45, 2.75) is 19.0 Å². The zero-order valence-corrected chi connectivity index (χ0v) is 18.0. The van der Waals surface area contributed by atoms with E-state index in [1.807, 2.05) is 18.2 Å². The van der Waals surface area contributed by atoms with Crippen molar-refractivity contribution in [1.82, 2.24) is 9.97 Å². The van der Waals surface area contributed by atoms with Crippen molar-refractivity contribution in [1.29, 1.82) is 0 Å². The lowest BCUT2D eigenvalue weighted by Crippen LogP contribution is -2.15. The summed E-state index contributed by atoms with van der Waals surface area (Å²) in [5.41, 5.74) is 8.70. The number of nitrogens with zero attached hydrogens (tertiary/aromatic N) is 2. The first-order chi connectivity index (χ1) is 16.3. The predicted molar refractivity (Wildman–Crippen MR) is 125 cm³/mol. The Labute approximate surface area is 194 Å². The molecule has 34 heavy (non-hydrogen) atoms. The van der Waals surface area contributed by atoms with Crippen molar-refractivity contribution in [3.05, 3.63) is 108 Å². The molecule has 0 saturated carbocycles. The maximum absolute atomic E-state index is 13.0. The summed E-state index contributed by atoms with van der Waals surface area (Å²) >= 11 is 0. The normalized spacial score (nSPS) is 11.3. The van der Waals surface area contributed by atoms with E-state index in [4.69, 9.17) is 5.73 Å². The fourth-order valence-corrected chi connectivity index (χ4v) is 3.53. The number of aromatic nitrogens is 2. The third-order valence-electron chi connectivity index (χ3n) is 5.29. The molecule has 0 aliphatic carbocycles. The molecular weight excluding hydrogens is 441 g/mol. The molecule has 2 aromatic carbocycles. The Morgan fingerprint density at radius 2 is 1.56 bits per heavy atom. The average Bonchev–Trinajstić information content (AvgIpc) is 2.84. The topological polar surface area (TPSA) is 80.9 Å². The van der Waals surface area contributed by atoms with Gasteiger partial charge in [-0.2, -0.15) is 13.2 Å². The molecule has 0 spiro atoms. The number of halogens is 3. The summed E-state index contributed by atoms with van der Waals surface area (Å²) in [5.74, 6) is -0.260.